The molecule has 0 fully saturated rings. The van der Waals surface area contributed by atoms with Crippen molar-refractivity contribution in [2.75, 3.05) is 25.4 Å². The van der Waals surface area contributed by atoms with Crippen LogP contribution in [0.1, 0.15) is 18.1 Å². The molecule has 0 aliphatic rings. The van der Waals surface area contributed by atoms with Gasteiger partial charge in [0.05, 0.1) is 12.3 Å². The van der Waals surface area contributed by atoms with Crippen molar-refractivity contribution >= 4 is 26.9 Å². The second kappa shape index (κ2) is 10.8. The van der Waals surface area contributed by atoms with Crippen LogP contribution in [0.3, 0.4) is 0 Å². The van der Waals surface area contributed by atoms with Crippen LogP contribution < -0.4 is 15.4 Å². The van der Waals surface area contributed by atoms with Gasteiger partial charge in [0.25, 0.3) is 0 Å². The molecule has 1 aromatic heterocycles. The Bertz CT molecular complexity index is 1060. The Balaban J connectivity index is 1.47. The Hall–Kier alpha value is -2.84. The zero-order valence-electron chi connectivity index (χ0n) is 17.2. The van der Waals surface area contributed by atoms with Crippen molar-refractivity contribution in [1.29, 1.82) is 0 Å². The van der Waals surface area contributed by atoms with E-state index in [2.05, 4.69) is 37.5 Å². The van der Waals surface area contributed by atoms with E-state index in [4.69, 9.17) is 0 Å². The van der Waals surface area contributed by atoms with Gasteiger partial charge in [0, 0.05) is 36.7 Å². The molecule has 0 bridgehead atoms. The molecular formula is C22H29N5O2S. The molecule has 30 heavy (non-hydrogen) atoms. The summed E-state index contributed by atoms with van der Waals surface area (Å²) in [7, 11) is -3.39. The SMILES string of the molecule is CCNC(=NCCS(=O)(=O)NCc1ccccc1)NCCc1c[nH]c2ccccc12. The predicted octanol–water partition coefficient (Wildman–Crippen LogP) is 2.39. The fourth-order valence-electron chi connectivity index (χ4n) is 3.13. The average molecular weight is 428 g/mol. The molecule has 0 amide bonds. The van der Waals surface area contributed by atoms with E-state index in [1.807, 2.05) is 55.6 Å². The highest BCUT2D eigenvalue weighted by molar-refractivity contribution is 7.89. The van der Waals surface area contributed by atoms with Crippen molar-refractivity contribution < 1.29 is 8.42 Å². The first-order valence-corrected chi connectivity index (χ1v) is 11.8. The third kappa shape index (κ3) is 6.60. The second-order valence-electron chi connectivity index (χ2n) is 6.92. The molecule has 160 valence electrons. The number of aliphatic imine (C=N–C) groups is 1. The third-order valence-electron chi connectivity index (χ3n) is 4.67. The van der Waals surface area contributed by atoms with E-state index in [0.29, 0.717) is 19.0 Å². The highest BCUT2D eigenvalue weighted by Gasteiger charge is 2.10. The van der Waals surface area contributed by atoms with Crippen molar-refractivity contribution in [3.8, 4) is 0 Å². The number of rotatable bonds is 10. The lowest BCUT2D eigenvalue weighted by atomic mass is 10.1. The van der Waals surface area contributed by atoms with Crippen LogP contribution in [-0.4, -0.2) is 44.7 Å². The number of fused-ring (bicyclic) bond motifs is 1. The van der Waals surface area contributed by atoms with E-state index < -0.39 is 10.0 Å². The normalized spacial score (nSPS) is 12.2. The Morgan fingerprint density at radius 3 is 2.60 bits per heavy atom. The zero-order chi connectivity index (χ0) is 21.2. The molecule has 0 aliphatic heterocycles. The Morgan fingerprint density at radius 2 is 1.80 bits per heavy atom. The topological polar surface area (TPSA) is 98.4 Å². The van der Waals surface area contributed by atoms with Crippen LogP contribution in [0.15, 0.2) is 65.8 Å². The summed E-state index contributed by atoms with van der Waals surface area (Å²) in [6, 6.07) is 17.7. The first-order chi connectivity index (χ1) is 14.6. The average Bonchev–Trinajstić information content (AvgIpc) is 3.16. The van der Waals surface area contributed by atoms with Crippen LogP contribution in [0.25, 0.3) is 10.9 Å². The fourth-order valence-corrected chi connectivity index (χ4v) is 4.00. The van der Waals surface area contributed by atoms with E-state index >= 15 is 0 Å². The number of hydrogen-bond donors (Lipinski definition) is 4. The molecule has 0 radical (unpaired) electrons. The van der Waals surface area contributed by atoms with Gasteiger partial charge < -0.3 is 15.6 Å². The molecule has 0 spiro atoms. The summed E-state index contributed by atoms with van der Waals surface area (Å²) in [5.41, 5.74) is 3.29. The maximum atomic E-state index is 12.2. The van der Waals surface area contributed by atoms with Gasteiger partial charge in [-0.3, -0.25) is 4.99 Å². The standard InChI is InChI=1S/C22H29N5O2S/c1-2-23-22(24-13-12-19-17-26-21-11-7-6-10-20(19)21)25-14-15-30(28,29)27-16-18-8-4-3-5-9-18/h3-11,17,26-27H,2,12-16H2,1H3,(H2,23,24,25). The van der Waals surface area contributed by atoms with E-state index in [1.54, 1.807) is 0 Å². The monoisotopic (exact) mass is 427 g/mol. The fraction of sp³-hybridized carbons (Fsp3) is 0.318. The minimum Gasteiger partial charge on any atom is -0.361 e. The van der Waals surface area contributed by atoms with Crippen LogP contribution in [0.2, 0.25) is 0 Å². The van der Waals surface area contributed by atoms with Crippen molar-refractivity contribution in [2.24, 2.45) is 4.99 Å². The molecule has 4 N–H and O–H groups in total. The highest BCUT2D eigenvalue weighted by Crippen LogP contribution is 2.17. The number of aromatic amines is 1. The lowest BCUT2D eigenvalue weighted by molar-refractivity contribution is 0.581. The molecule has 0 atom stereocenters. The van der Waals surface area contributed by atoms with Crippen LogP contribution in [0, 0.1) is 0 Å². The van der Waals surface area contributed by atoms with Crippen LogP contribution in [0.4, 0.5) is 0 Å². The number of sulfonamides is 1. The predicted molar refractivity (Wildman–Crippen MR) is 123 cm³/mol. The molecule has 0 aliphatic carbocycles. The Morgan fingerprint density at radius 1 is 1.03 bits per heavy atom. The van der Waals surface area contributed by atoms with Gasteiger partial charge in [-0.05, 0) is 30.5 Å². The van der Waals surface area contributed by atoms with Gasteiger partial charge in [0.15, 0.2) is 5.96 Å². The quantitative estimate of drug-likeness (QED) is 0.295. The molecule has 0 saturated heterocycles. The summed E-state index contributed by atoms with van der Waals surface area (Å²) in [4.78, 5) is 7.68. The van der Waals surface area contributed by atoms with Gasteiger partial charge >= 0.3 is 0 Å². The second-order valence-corrected chi connectivity index (χ2v) is 8.85. The summed E-state index contributed by atoms with van der Waals surface area (Å²) in [5.74, 6) is 0.564. The number of guanidine groups is 1. The number of H-pyrrole nitrogens is 1. The summed E-state index contributed by atoms with van der Waals surface area (Å²) < 4.78 is 27.0. The number of hydrogen-bond acceptors (Lipinski definition) is 3. The summed E-state index contributed by atoms with van der Waals surface area (Å²) >= 11 is 0. The van der Waals surface area contributed by atoms with Gasteiger partial charge in [0.1, 0.15) is 0 Å². The maximum Gasteiger partial charge on any atom is 0.213 e. The summed E-state index contributed by atoms with van der Waals surface area (Å²) in [6.07, 6.45) is 2.87. The lowest BCUT2D eigenvalue weighted by Crippen LogP contribution is -2.39. The van der Waals surface area contributed by atoms with Gasteiger partial charge in [-0.2, -0.15) is 0 Å². The van der Waals surface area contributed by atoms with Gasteiger partial charge in [-0.15, -0.1) is 0 Å². The lowest BCUT2D eigenvalue weighted by Gasteiger charge is -2.11. The van der Waals surface area contributed by atoms with E-state index in [0.717, 1.165) is 17.5 Å². The van der Waals surface area contributed by atoms with Crippen LogP contribution in [0.5, 0.6) is 0 Å². The van der Waals surface area contributed by atoms with E-state index in [-0.39, 0.29) is 18.8 Å². The van der Waals surface area contributed by atoms with Gasteiger partial charge in [-0.25, -0.2) is 13.1 Å². The van der Waals surface area contributed by atoms with Gasteiger partial charge in [-0.1, -0.05) is 48.5 Å². The molecular weight excluding hydrogens is 398 g/mol. The maximum absolute atomic E-state index is 12.2. The highest BCUT2D eigenvalue weighted by atomic mass is 32.2. The molecule has 8 heteroatoms. The molecule has 3 rings (SSSR count). The minimum absolute atomic E-state index is 0.0567. The number of nitrogens with zero attached hydrogens (tertiary/aromatic N) is 1. The number of benzene rings is 2. The summed E-state index contributed by atoms with van der Waals surface area (Å²) in [5, 5.41) is 7.66. The van der Waals surface area contributed by atoms with E-state index in [1.165, 1.54) is 10.9 Å². The molecule has 1 heterocycles. The van der Waals surface area contributed by atoms with Crippen LogP contribution in [-0.2, 0) is 23.0 Å². The third-order valence-corrected chi connectivity index (χ3v) is 5.98. The number of nitrogens with one attached hydrogen (secondary N) is 4. The number of aromatic nitrogens is 1. The van der Waals surface area contributed by atoms with Crippen molar-refractivity contribution in [2.45, 2.75) is 19.9 Å². The zero-order valence-corrected chi connectivity index (χ0v) is 18.0. The van der Waals surface area contributed by atoms with Crippen molar-refractivity contribution in [3.05, 3.63) is 71.9 Å². The molecule has 0 unspecified atom stereocenters. The largest absolute Gasteiger partial charge is 0.361 e. The van der Waals surface area contributed by atoms with Crippen molar-refractivity contribution in [1.82, 2.24) is 20.3 Å². The Labute approximate surface area is 178 Å². The van der Waals surface area contributed by atoms with Crippen molar-refractivity contribution in [3.63, 3.8) is 0 Å². The van der Waals surface area contributed by atoms with E-state index in [9.17, 15) is 8.42 Å². The molecule has 0 saturated carbocycles. The van der Waals surface area contributed by atoms with Crippen LogP contribution >= 0.6 is 0 Å². The minimum atomic E-state index is -3.39. The first kappa shape index (κ1) is 21.9. The number of para-hydroxylation sites is 1. The molecule has 7 nitrogen and oxygen atoms in total. The molecule has 3 aromatic rings. The van der Waals surface area contributed by atoms with Gasteiger partial charge in [0.2, 0.25) is 10.0 Å². The Kier molecular flexibility index (Phi) is 7.87. The first-order valence-electron chi connectivity index (χ1n) is 10.2. The smallest absolute Gasteiger partial charge is 0.213 e. The molecule has 2 aromatic carbocycles. The summed E-state index contributed by atoms with van der Waals surface area (Å²) in [6.45, 7) is 3.86.